The van der Waals surface area contributed by atoms with Gasteiger partial charge in [0.2, 0.25) is 5.91 Å². The fourth-order valence-corrected chi connectivity index (χ4v) is 2.66. The highest BCUT2D eigenvalue weighted by molar-refractivity contribution is 5.84. The molecule has 0 aliphatic carbocycles. The van der Waals surface area contributed by atoms with Gasteiger partial charge < -0.3 is 14.8 Å². The quantitative estimate of drug-likeness (QED) is 0.901. The molecule has 0 unspecified atom stereocenters. The number of H-pyrrole nitrogens is 1. The Morgan fingerprint density at radius 2 is 1.76 bits per heavy atom. The average molecular weight is 285 g/mol. The van der Waals surface area contributed by atoms with Gasteiger partial charge in [-0.05, 0) is 17.5 Å². The molecule has 21 heavy (non-hydrogen) atoms. The zero-order valence-electron chi connectivity index (χ0n) is 11.6. The highest BCUT2D eigenvalue weighted by Crippen LogP contribution is 2.15. The van der Waals surface area contributed by atoms with E-state index in [2.05, 4.69) is 4.98 Å². The van der Waals surface area contributed by atoms with Crippen LogP contribution in [0.25, 0.3) is 10.9 Å². The lowest BCUT2D eigenvalue weighted by Crippen LogP contribution is -2.50. The van der Waals surface area contributed by atoms with E-state index in [4.69, 9.17) is 5.73 Å². The minimum atomic E-state index is -0.669. The topological polar surface area (TPSA) is 80.2 Å². The van der Waals surface area contributed by atoms with Gasteiger partial charge in [0.25, 0.3) is 0 Å². The van der Waals surface area contributed by atoms with Crippen molar-refractivity contribution in [3.05, 3.63) is 36.0 Å². The third-order valence-electron chi connectivity index (χ3n) is 3.85. The van der Waals surface area contributed by atoms with Gasteiger partial charge in [0, 0.05) is 37.4 Å². The Bertz CT molecular complexity index is 638. The molecule has 3 amide bonds. The molecule has 1 aliphatic heterocycles. The number of hydrogen-bond acceptors (Lipinski definition) is 2. The van der Waals surface area contributed by atoms with Crippen molar-refractivity contribution >= 4 is 22.8 Å². The Kier molecular flexibility index (Phi) is 3.51. The number of fused-ring (bicyclic) bond motifs is 1. The number of rotatable bonds is 2. The van der Waals surface area contributed by atoms with Gasteiger partial charge in [0.05, 0.1) is 6.42 Å². The maximum Gasteiger partial charge on any atom is 0.336 e. The molecule has 0 bridgehead atoms. The molecule has 2 aromatic rings. The normalized spacial score (nSPS) is 15.4. The van der Waals surface area contributed by atoms with E-state index in [9.17, 15) is 9.59 Å². The summed E-state index contributed by atoms with van der Waals surface area (Å²) in [6, 6.07) is 9.26. The molecule has 1 aromatic carbocycles. The smallest absolute Gasteiger partial charge is 0.336 e. The van der Waals surface area contributed by atoms with Crippen LogP contribution in [0.2, 0.25) is 0 Å². The lowest BCUT2D eigenvalue weighted by molar-refractivity contribution is -0.131. The van der Waals surface area contributed by atoms with Crippen LogP contribution in [0.5, 0.6) is 0 Å². The molecule has 1 saturated heterocycles. The van der Waals surface area contributed by atoms with Gasteiger partial charge in [-0.2, -0.15) is 0 Å². The van der Waals surface area contributed by atoms with E-state index in [1.807, 2.05) is 30.3 Å². The summed E-state index contributed by atoms with van der Waals surface area (Å²) in [4.78, 5) is 29.7. The van der Waals surface area contributed by atoms with E-state index < -0.39 is 6.03 Å². The van der Waals surface area contributed by atoms with Crippen molar-refractivity contribution in [1.82, 2.24) is 20.5 Å². The van der Waals surface area contributed by atoms with E-state index in [-0.39, 0.29) is 5.91 Å². The maximum atomic E-state index is 12.3. The van der Waals surface area contributed by atoms with Crippen molar-refractivity contribution in [3.63, 3.8) is 0 Å². The summed E-state index contributed by atoms with van der Waals surface area (Å²) >= 11 is 0. The van der Waals surface area contributed by atoms with Crippen molar-refractivity contribution in [1.29, 1.82) is 0 Å². The van der Waals surface area contributed by atoms with E-state index in [1.54, 1.807) is 4.90 Å². The second kappa shape index (κ2) is 5.47. The van der Waals surface area contributed by atoms with Crippen LogP contribution in [-0.4, -0.2) is 52.9 Å². The molecule has 0 atom stereocenters. The van der Waals surface area contributed by atoms with E-state index in [0.717, 1.165) is 16.6 Å². The van der Waals surface area contributed by atoms with Crippen LogP contribution < -0.4 is 5.73 Å². The summed E-state index contributed by atoms with van der Waals surface area (Å²) in [6.45, 7) is 1.90. The van der Waals surface area contributed by atoms with Gasteiger partial charge in [-0.3, -0.25) is 4.79 Å². The third-order valence-corrected chi connectivity index (χ3v) is 3.85. The number of carbonyl (C=O) groups is 2. The number of aromatic nitrogens is 1. The highest BCUT2D eigenvalue weighted by Gasteiger charge is 2.23. The summed E-state index contributed by atoms with van der Waals surface area (Å²) < 4.78 is 0. The van der Waals surface area contributed by atoms with Crippen LogP contribution in [0.4, 0.5) is 4.79 Å². The molecule has 0 saturated carbocycles. The number of amides is 3. The first-order chi connectivity index (χ1) is 10.1. The Morgan fingerprint density at radius 1 is 1.10 bits per heavy atom. The Morgan fingerprint density at radius 3 is 2.43 bits per heavy atom. The molecule has 1 aromatic heterocycles. The van der Waals surface area contributed by atoms with Gasteiger partial charge in [-0.25, -0.2) is 10.5 Å². The van der Waals surface area contributed by atoms with E-state index in [1.165, 1.54) is 4.90 Å². The molecule has 3 rings (SSSR count). The molecule has 1 radical (unpaired) electrons. The SMILES string of the molecule is [NH]C(=O)N1CCN(C(=O)Cc2cc3ccccc3[nH]2)CC1. The Hall–Kier alpha value is -2.50. The summed E-state index contributed by atoms with van der Waals surface area (Å²) in [7, 11) is 0. The first kappa shape index (κ1) is 13.5. The Labute approximate surface area is 122 Å². The van der Waals surface area contributed by atoms with Crippen molar-refractivity contribution < 1.29 is 9.59 Å². The number of hydrogen-bond donors (Lipinski definition) is 1. The van der Waals surface area contributed by atoms with Crippen molar-refractivity contribution in [2.75, 3.05) is 26.2 Å². The largest absolute Gasteiger partial charge is 0.358 e. The molecule has 6 heteroatoms. The van der Waals surface area contributed by atoms with Gasteiger partial charge in [-0.1, -0.05) is 18.2 Å². The molecule has 109 valence electrons. The average Bonchev–Trinajstić information content (AvgIpc) is 2.89. The molecule has 0 spiro atoms. The van der Waals surface area contributed by atoms with Crippen LogP contribution in [0.15, 0.2) is 30.3 Å². The fourth-order valence-electron chi connectivity index (χ4n) is 2.66. The van der Waals surface area contributed by atoms with Gasteiger partial charge in [-0.15, -0.1) is 0 Å². The summed E-state index contributed by atoms with van der Waals surface area (Å²) in [5.41, 5.74) is 9.00. The standard InChI is InChI=1S/C15H17N4O2/c16-15(21)19-7-5-18(6-8-19)14(20)10-12-9-11-3-1-2-4-13(11)17-12/h1-4,9,16-17H,5-8,10H2. The van der Waals surface area contributed by atoms with Gasteiger partial charge >= 0.3 is 6.03 Å². The first-order valence-electron chi connectivity index (χ1n) is 6.98. The maximum absolute atomic E-state index is 12.3. The lowest BCUT2D eigenvalue weighted by atomic mass is 10.2. The van der Waals surface area contributed by atoms with Crippen molar-refractivity contribution in [3.8, 4) is 0 Å². The summed E-state index contributed by atoms with van der Waals surface area (Å²) in [5, 5.41) is 1.10. The summed E-state index contributed by atoms with van der Waals surface area (Å²) in [5.74, 6) is 0.0543. The molecule has 2 heterocycles. The van der Waals surface area contributed by atoms with Crippen molar-refractivity contribution in [2.24, 2.45) is 0 Å². The van der Waals surface area contributed by atoms with Gasteiger partial charge in [0.1, 0.15) is 0 Å². The first-order valence-corrected chi connectivity index (χ1v) is 6.98. The van der Waals surface area contributed by atoms with Gasteiger partial charge in [0.15, 0.2) is 0 Å². The minimum absolute atomic E-state index is 0.0543. The second-order valence-electron chi connectivity index (χ2n) is 5.23. The fraction of sp³-hybridized carbons (Fsp3) is 0.333. The number of nitrogens with zero attached hydrogens (tertiary/aromatic N) is 2. The molecule has 6 nitrogen and oxygen atoms in total. The molecule has 2 N–H and O–H groups in total. The number of benzene rings is 1. The van der Waals surface area contributed by atoms with Crippen LogP contribution >= 0.6 is 0 Å². The van der Waals surface area contributed by atoms with E-state index >= 15 is 0 Å². The minimum Gasteiger partial charge on any atom is -0.358 e. The molecule has 1 aliphatic rings. The lowest BCUT2D eigenvalue weighted by Gasteiger charge is -2.33. The number of urea groups is 1. The number of aromatic amines is 1. The molecule has 1 fully saturated rings. The number of nitrogens with one attached hydrogen (secondary N) is 2. The molecular formula is C15H17N4O2. The Balaban J connectivity index is 1.63. The predicted octanol–water partition coefficient (Wildman–Crippen LogP) is 1.26. The monoisotopic (exact) mass is 285 g/mol. The van der Waals surface area contributed by atoms with E-state index in [0.29, 0.717) is 32.6 Å². The van der Waals surface area contributed by atoms with Crippen LogP contribution in [0.3, 0.4) is 0 Å². The third kappa shape index (κ3) is 2.84. The highest BCUT2D eigenvalue weighted by atomic mass is 16.2. The predicted molar refractivity (Wildman–Crippen MR) is 78.6 cm³/mol. The van der Waals surface area contributed by atoms with Crippen LogP contribution in [0.1, 0.15) is 5.69 Å². The van der Waals surface area contributed by atoms with Crippen LogP contribution in [-0.2, 0) is 11.2 Å². The zero-order chi connectivity index (χ0) is 14.8. The zero-order valence-corrected chi connectivity index (χ0v) is 11.6. The van der Waals surface area contributed by atoms with Crippen LogP contribution in [0, 0.1) is 0 Å². The number of carbonyl (C=O) groups excluding carboxylic acids is 2. The summed E-state index contributed by atoms with van der Waals surface area (Å²) in [6.07, 6.45) is 0.337. The number of para-hydroxylation sites is 1. The molecular weight excluding hydrogens is 268 g/mol. The second-order valence-corrected chi connectivity index (χ2v) is 5.23. The number of piperazine rings is 1. The van der Waals surface area contributed by atoms with Crippen molar-refractivity contribution in [2.45, 2.75) is 6.42 Å².